The van der Waals surface area contributed by atoms with E-state index in [0.717, 1.165) is 24.1 Å². The van der Waals surface area contributed by atoms with Crippen LogP contribution in [0.15, 0.2) is 6.07 Å². The van der Waals surface area contributed by atoms with Crippen LogP contribution >= 0.6 is 23.2 Å². The summed E-state index contributed by atoms with van der Waals surface area (Å²) < 4.78 is 4.80. The highest BCUT2D eigenvalue weighted by Crippen LogP contribution is 2.29. The highest BCUT2D eigenvalue weighted by atomic mass is 35.5. The fourth-order valence-corrected chi connectivity index (χ4v) is 3.43. The van der Waals surface area contributed by atoms with Crippen LogP contribution < -0.4 is 0 Å². The van der Waals surface area contributed by atoms with E-state index >= 15 is 0 Å². The van der Waals surface area contributed by atoms with Crippen molar-refractivity contribution in [3.05, 3.63) is 27.5 Å². The molecule has 21 heavy (non-hydrogen) atoms. The molecule has 0 N–H and O–H groups in total. The molecule has 0 amide bonds. The van der Waals surface area contributed by atoms with Gasteiger partial charge >= 0.3 is 5.97 Å². The lowest BCUT2D eigenvalue weighted by Gasteiger charge is -2.28. The molecule has 2 rings (SSSR count). The van der Waals surface area contributed by atoms with Crippen molar-refractivity contribution in [2.24, 2.45) is 0 Å². The first-order chi connectivity index (χ1) is 10.0. The van der Waals surface area contributed by atoms with Crippen LogP contribution in [0.3, 0.4) is 0 Å². The molecule has 6 heteroatoms. The average molecular weight is 331 g/mol. The lowest BCUT2D eigenvalue weighted by atomic mass is 10.1. The summed E-state index contributed by atoms with van der Waals surface area (Å²) in [6.07, 6.45) is 4.56. The van der Waals surface area contributed by atoms with Crippen LogP contribution in [-0.2, 0) is 16.1 Å². The molecule has 0 spiro atoms. The summed E-state index contributed by atoms with van der Waals surface area (Å²) in [6, 6.07) is 2.17. The number of methoxy groups -OCH3 is 1. The van der Waals surface area contributed by atoms with Gasteiger partial charge in [-0.2, -0.15) is 0 Å². The Morgan fingerprint density at radius 3 is 2.67 bits per heavy atom. The molecule has 116 valence electrons. The molecule has 0 atom stereocenters. The SMILES string of the molecule is COC(=O)CN(Cc1c(Cl)cc(C)nc1Cl)C1CCCC1. The van der Waals surface area contributed by atoms with Crippen LogP contribution in [0.4, 0.5) is 0 Å². The van der Waals surface area contributed by atoms with Crippen molar-refractivity contribution in [2.45, 2.75) is 45.2 Å². The minimum Gasteiger partial charge on any atom is -0.468 e. The van der Waals surface area contributed by atoms with E-state index in [1.54, 1.807) is 6.07 Å². The largest absolute Gasteiger partial charge is 0.468 e. The molecule has 0 aromatic carbocycles. The molecule has 1 aromatic rings. The Balaban J connectivity index is 2.19. The predicted molar refractivity (Wildman–Crippen MR) is 83.7 cm³/mol. The molecule has 1 saturated carbocycles. The van der Waals surface area contributed by atoms with E-state index < -0.39 is 0 Å². The number of hydrogen-bond acceptors (Lipinski definition) is 4. The Kier molecular flexibility index (Phi) is 5.85. The van der Waals surface area contributed by atoms with Gasteiger partial charge in [-0.15, -0.1) is 0 Å². The summed E-state index contributed by atoms with van der Waals surface area (Å²) in [5, 5.41) is 1.01. The second-order valence-electron chi connectivity index (χ2n) is 5.43. The van der Waals surface area contributed by atoms with Crippen LogP contribution in [0.5, 0.6) is 0 Å². The van der Waals surface area contributed by atoms with Crippen molar-refractivity contribution in [3.63, 3.8) is 0 Å². The predicted octanol–water partition coefficient (Wildman–Crippen LogP) is 3.61. The first kappa shape index (κ1) is 16.5. The minimum absolute atomic E-state index is 0.241. The van der Waals surface area contributed by atoms with Crippen molar-refractivity contribution < 1.29 is 9.53 Å². The zero-order valence-electron chi connectivity index (χ0n) is 12.4. The highest BCUT2D eigenvalue weighted by Gasteiger charge is 2.26. The van der Waals surface area contributed by atoms with Gasteiger partial charge in [-0.3, -0.25) is 9.69 Å². The van der Waals surface area contributed by atoms with Crippen LogP contribution in [0.25, 0.3) is 0 Å². The van der Waals surface area contributed by atoms with Crippen LogP contribution in [0, 0.1) is 6.92 Å². The van der Waals surface area contributed by atoms with Gasteiger partial charge in [-0.05, 0) is 25.8 Å². The number of halogens is 2. The number of rotatable bonds is 5. The summed E-state index contributed by atoms with van der Waals surface area (Å²) >= 11 is 12.5. The standard InChI is InChI=1S/C15H20Cl2N2O2/c1-10-7-13(16)12(15(17)18-10)8-19(9-14(20)21-2)11-5-3-4-6-11/h7,11H,3-6,8-9H2,1-2H3. The number of aromatic nitrogens is 1. The maximum Gasteiger partial charge on any atom is 0.319 e. The Morgan fingerprint density at radius 2 is 2.10 bits per heavy atom. The van der Waals surface area contributed by atoms with E-state index in [-0.39, 0.29) is 12.5 Å². The lowest BCUT2D eigenvalue weighted by molar-refractivity contribution is -0.142. The van der Waals surface area contributed by atoms with Crippen molar-refractivity contribution in [1.29, 1.82) is 0 Å². The minimum atomic E-state index is -0.241. The summed E-state index contributed by atoms with van der Waals surface area (Å²) in [5.74, 6) is -0.241. The Morgan fingerprint density at radius 1 is 1.43 bits per heavy atom. The van der Waals surface area contributed by atoms with Crippen LogP contribution in [0.1, 0.15) is 36.9 Å². The first-order valence-electron chi connectivity index (χ1n) is 7.13. The maximum absolute atomic E-state index is 11.6. The third kappa shape index (κ3) is 4.31. The van der Waals surface area contributed by atoms with E-state index in [1.165, 1.54) is 20.0 Å². The van der Waals surface area contributed by atoms with Crippen molar-refractivity contribution >= 4 is 29.2 Å². The van der Waals surface area contributed by atoms with Gasteiger partial charge < -0.3 is 4.74 Å². The zero-order chi connectivity index (χ0) is 15.4. The molecule has 0 bridgehead atoms. The third-order valence-electron chi connectivity index (χ3n) is 3.91. The molecule has 1 fully saturated rings. The number of carbonyl (C=O) groups excluding carboxylic acids is 1. The molecule has 0 radical (unpaired) electrons. The number of hydrogen-bond donors (Lipinski definition) is 0. The highest BCUT2D eigenvalue weighted by molar-refractivity contribution is 6.35. The van der Waals surface area contributed by atoms with Gasteiger partial charge in [0.1, 0.15) is 5.15 Å². The Bertz CT molecular complexity index is 493. The monoisotopic (exact) mass is 330 g/mol. The third-order valence-corrected chi connectivity index (χ3v) is 4.56. The van der Waals surface area contributed by atoms with Crippen molar-refractivity contribution in [2.75, 3.05) is 13.7 Å². The summed E-state index contributed by atoms with van der Waals surface area (Å²) in [5.41, 5.74) is 1.56. The zero-order valence-corrected chi connectivity index (χ0v) is 13.9. The fourth-order valence-electron chi connectivity index (χ4n) is 2.78. The van der Waals surface area contributed by atoms with Crippen LogP contribution in [0.2, 0.25) is 10.2 Å². The molecule has 0 saturated heterocycles. The quantitative estimate of drug-likeness (QED) is 0.611. The second kappa shape index (κ2) is 7.43. The molecule has 1 heterocycles. The summed E-state index contributed by atoms with van der Waals surface area (Å²) in [6.45, 7) is 2.62. The van der Waals surface area contributed by atoms with Crippen LogP contribution in [-0.4, -0.2) is 35.5 Å². The van der Waals surface area contributed by atoms with E-state index in [4.69, 9.17) is 27.9 Å². The van der Waals surface area contributed by atoms with Gasteiger partial charge in [0, 0.05) is 28.9 Å². The van der Waals surface area contributed by atoms with Gasteiger partial charge in [0.15, 0.2) is 0 Å². The molecule has 0 aliphatic heterocycles. The maximum atomic E-state index is 11.6. The smallest absolute Gasteiger partial charge is 0.319 e. The summed E-state index contributed by atoms with van der Waals surface area (Å²) in [4.78, 5) is 18.0. The Labute approximate surface area is 135 Å². The van der Waals surface area contributed by atoms with Gasteiger partial charge in [-0.25, -0.2) is 4.98 Å². The Hall–Kier alpha value is -0.840. The van der Waals surface area contributed by atoms with Gasteiger partial charge in [0.05, 0.1) is 13.7 Å². The number of pyridine rings is 1. The van der Waals surface area contributed by atoms with E-state index in [9.17, 15) is 4.79 Å². The molecule has 4 nitrogen and oxygen atoms in total. The number of aryl methyl sites for hydroxylation is 1. The molecule has 1 aromatic heterocycles. The van der Waals surface area contributed by atoms with Gasteiger partial charge in [0.2, 0.25) is 0 Å². The van der Waals surface area contributed by atoms with Crippen molar-refractivity contribution in [3.8, 4) is 0 Å². The number of nitrogens with zero attached hydrogens (tertiary/aromatic N) is 2. The second-order valence-corrected chi connectivity index (χ2v) is 6.20. The van der Waals surface area contributed by atoms with E-state index in [1.807, 2.05) is 6.92 Å². The number of esters is 1. The topological polar surface area (TPSA) is 42.4 Å². The number of carbonyl (C=O) groups is 1. The summed E-state index contributed by atoms with van der Waals surface area (Å²) in [7, 11) is 1.41. The van der Waals surface area contributed by atoms with Crippen molar-refractivity contribution in [1.82, 2.24) is 9.88 Å². The molecule has 1 aliphatic rings. The lowest BCUT2D eigenvalue weighted by Crippen LogP contribution is -2.37. The van der Waals surface area contributed by atoms with E-state index in [2.05, 4.69) is 9.88 Å². The average Bonchev–Trinajstić information content (AvgIpc) is 2.95. The number of ether oxygens (including phenoxy) is 1. The molecular formula is C15H20Cl2N2O2. The molecule has 0 unspecified atom stereocenters. The van der Waals surface area contributed by atoms with Gasteiger partial charge in [-0.1, -0.05) is 36.0 Å². The van der Waals surface area contributed by atoms with Gasteiger partial charge in [0.25, 0.3) is 0 Å². The molecule has 1 aliphatic carbocycles. The fraction of sp³-hybridized carbons (Fsp3) is 0.600. The molecular weight excluding hydrogens is 311 g/mol. The first-order valence-corrected chi connectivity index (χ1v) is 7.89. The normalized spacial score (nSPS) is 15.7. The van der Waals surface area contributed by atoms with E-state index in [0.29, 0.717) is 22.8 Å².